The third-order valence-electron chi connectivity index (χ3n) is 6.85. The smallest absolute Gasteiger partial charge is 0.293 e. The van der Waals surface area contributed by atoms with Crippen molar-refractivity contribution in [3.63, 3.8) is 0 Å². The van der Waals surface area contributed by atoms with Gasteiger partial charge in [0.2, 0.25) is 11.8 Å². The van der Waals surface area contributed by atoms with Crippen molar-refractivity contribution in [2.24, 2.45) is 7.05 Å². The van der Waals surface area contributed by atoms with Crippen LogP contribution in [0.2, 0.25) is 0 Å². The summed E-state index contributed by atoms with van der Waals surface area (Å²) in [6.45, 7) is 9.72. The molecule has 3 N–H and O–H groups in total. The van der Waals surface area contributed by atoms with Crippen LogP contribution in [-0.2, 0) is 19.0 Å². The van der Waals surface area contributed by atoms with Gasteiger partial charge in [-0.2, -0.15) is 10.1 Å². The number of carbonyl (C=O) groups excluding carboxylic acids is 1. The Balaban J connectivity index is 1.42. The largest absolute Gasteiger partial charge is 0.395 e. The molecule has 12 heteroatoms. The average molecular weight is 546 g/mol. The standard InChI is InChI=1S/C28H35N9O3/c1-17-23(16-36(5)34-17)32-27-29-10-8-21(31-27)18-6-7-20-19(14-18)15-37(12-13-38)11-9-22(20)30-25(39)24-33-26(40-35-24)28(2,3)4/h6-8,10,14,16,22,38H,9,11-13,15H2,1-5H3,(H,30,39)(H,29,31,32). The highest BCUT2D eigenvalue weighted by Crippen LogP contribution is 2.31. The number of anilines is 2. The zero-order valence-electron chi connectivity index (χ0n) is 23.5. The zero-order chi connectivity index (χ0) is 28.4. The number of rotatable bonds is 7. The van der Waals surface area contributed by atoms with Crippen LogP contribution in [0.15, 0.2) is 41.2 Å². The third kappa shape index (κ3) is 6.02. The van der Waals surface area contributed by atoms with Crippen LogP contribution in [0.5, 0.6) is 0 Å². The summed E-state index contributed by atoms with van der Waals surface area (Å²) in [4.78, 5) is 28.7. The topological polar surface area (TPSA) is 147 Å². The number of carbonyl (C=O) groups is 1. The molecule has 0 bridgehead atoms. The van der Waals surface area contributed by atoms with Crippen LogP contribution in [0.1, 0.15) is 66.6 Å². The van der Waals surface area contributed by atoms with Gasteiger partial charge in [0.15, 0.2) is 0 Å². The average Bonchev–Trinajstić information content (AvgIpc) is 3.49. The lowest BCUT2D eigenvalue weighted by Crippen LogP contribution is -2.31. The Morgan fingerprint density at radius 3 is 2.75 bits per heavy atom. The molecule has 0 aliphatic carbocycles. The quantitative estimate of drug-likeness (QED) is 0.316. The fourth-order valence-electron chi connectivity index (χ4n) is 4.78. The first-order chi connectivity index (χ1) is 19.1. The molecule has 0 saturated heterocycles. The molecule has 3 aromatic heterocycles. The van der Waals surface area contributed by atoms with Gasteiger partial charge in [-0.15, -0.1) is 0 Å². The highest BCUT2D eigenvalue weighted by Gasteiger charge is 2.28. The number of hydrogen-bond acceptors (Lipinski definition) is 10. The summed E-state index contributed by atoms with van der Waals surface area (Å²) in [5.41, 5.74) is 5.10. The van der Waals surface area contributed by atoms with Crippen LogP contribution in [0.3, 0.4) is 0 Å². The van der Waals surface area contributed by atoms with Crippen molar-refractivity contribution in [3.8, 4) is 11.3 Å². The minimum Gasteiger partial charge on any atom is -0.395 e. The highest BCUT2D eigenvalue weighted by molar-refractivity contribution is 5.90. The minimum atomic E-state index is -0.382. The number of nitrogens with one attached hydrogen (secondary N) is 2. The SMILES string of the molecule is Cc1nn(C)cc1Nc1nccc(-c2ccc3c(c2)CN(CCO)CCC3NC(=O)c2noc(C(C)(C)C)n2)n1. The first-order valence-corrected chi connectivity index (χ1v) is 13.3. The molecule has 1 aromatic carbocycles. The van der Waals surface area contributed by atoms with E-state index >= 15 is 0 Å². The molecule has 4 heterocycles. The maximum absolute atomic E-state index is 13.1. The molecule has 40 heavy (non-hydrogen) atoms. The molecule has 12 nitrogen and oxygen atoms in total. The lowest BCUT2D eigenvalue weighted by Gasteiger charge is -2.19. The fraction of sp³-hybridized carbons (Fsp3) is 0.429. The number of aliphatic hydroxyl groups is 1. The first kappa shape index (κ1) is 27.4. The number of hydrogen-bond donors (Lipinski definition) is 3. The van der Waals surface area contributed by atoms with Gasteiger partial charge in [-0.05, 0) is 36.6 Å². The molecular formula is C28H35N9O3. The van der Waals surface area contributed by atoms with E-state index in [9.17, 15) is 9.90 Å². The van der Waals surface area contributed by atoms with Gasteiger partial charge < -0.3 is 20.3 Å². The van der Waals surface area contributed by atoms with Gasteiger partial charge in [-0.25, -0.2) is 9.97 Å². The zero-order valence-corrected chi connectivity index (χ0v) is 23.5. The van der Waals surface area contributed by atoms with Crippen molar-refractivity contribution in [1.82, 2.24) is 40.1 Å². The Morgan fingerprint density at radius 1 is 1.23 bits per heavy atom. The summed E-state index contributed by atoms with van der Waals surface area (Å²) in [5, 5.41) is 24.2. The van der Waals surface area contributed by atoms with Crippen molar-refractivity contribution < 1.29 is 14.4 Å². The molecule has 4 aromatic rings. The van der Waals surface area contributed by atoms with Crippen LogP contribution in [0, 0.1) is 6.92 Å². The van der Waals surface area contributed by atoms with Gasteiger partial charge in [0.25, 0.3) is 11.7 Å². The van der Waals surface area contributed by atoms with E-state index in [1.807, 2.05) is 59.1 Å². The minimum absolute atomic E-state index is 0.0180. The summed E-state index contributed by atoms with van der Waals surface area (Å²) < 4.78 is 7.06. The summed E-state index contributed by atoms with van der Waals surface area (Å²) in [5.74, 6) is 0.525. The van der Waals surface area contributed by atoms with Crippen molar-refractivity contribution in [1.29, 1.82) is 0 Å². The van der Waals surface area contributed by atoms with Gasteiger partial charge in [-0.3, -0.25) is 14.4 Å². The Bertz CT molecular complexity index is 1500. The number of aromatic nitrogens is 6. The van der Waals surface area contributed by atoms with E-state index in [1.165, 1.54) is 0 Å². The molecule has 0 fully saturated rings. The van der Waals surface area contributed by atoms with Crippen LogP contribution in [0.25, 0.3) is 11.3 Å². The Kier molecular flexibility index (Phi) is 7.63. The van der Waals surface area contributed by atoms with Crippen LogP contribution >= 0.6 is 0 Å². The van der Waals surface area contributed by atoms with E-state index in [0.29, 0.717) is 37.9 Å². The predicted octanol–water partition coefficient (Wildman–Crippen LogP) is 3.28. The third-order valence-corrected chi connectivity index (χ3v) is 6.85. The number of amides is 1. The van der Waals surface area contributed by atoms with E-state index in [2.05, 4.69) is 41.8 Å². The molecule has 1 atom stereocenters. The maximum Gasteiger partial charge on any atom is 0.293 e. The second-order valence-corrected chi connectivity index (χ2v) is 11.1. The fourth-order valence-corrected chi connectivity index (χ4v) is 4.78. The second-order valence-electron chi connectivity index (χ2n) is 11.1. The molecule has 210 valence electrons. The lowest BCUT2D eigenvalue weighted by atomic mass is 9.96. The lowest BCUT2D eigenvalue weighted by molar-refractivity contribution is 0.0918. The normalized spacial score (nSPS) is 15.9. The summed E-state index contributed by atoms with van der Waals surface area (Å²) in [7, 11) is 1.87. The van der Waals surface area contributed by atoms with Crippen LogP contribution in [0.4, 0.5) is 11.6 Å². The molecule has 1 amide bonds. The predicted molar refractivity (Wildman–Crippen MR) is 149 cm³/mol. The summed E-state index contributed by atoms with van der Waals surface area (Å²) in [6.07, 6.45) is 4.28. The molecular weight excluding hydrogens is 510 g/mol. The van der Waals surface area contributed by atoms with E-state index in [0.717, 1.165) is 33.8 Å². The van der Waals surface area contributed by atoms with Crippen molar-refractivity contribution in [2.75, 3.05) is 25.0 Å². The number of aliphatic hydroxyl groups excluding tert-OH is 1. The molecule has 0 saturated carbocycles. The monoisotopic (exact) mass is 545 g/mol. The first-order valence-electron chi connectivity index (χ1n) is 13.3. The van der Waals surface area contributed by atoms with E-state index in [1.54, 1.807) is 10.9 Å². The Labute approximate surface area is 232 Å². The summed E-state index contributed by atoms with van der Waals surface area (Å²) >= 11 is 0. The Hall–Kier alpha value is -4.16. The number of aryl methyl sites for hydroxylation is 2. The molecule has 0 spiro atoms. The van der Waals surface area contributed by atoms with Gasteiger partial charge in [-0.1, -0.05) is 38.1 Å². The van der Waals surface area contributed by atoms with Gasteiger partial charge in [0, 0.05) is 50.1 Å². The van der Waals surface area contributed by atoms with Crippen molar-refractivity contribution in [3.05, 3.63) is 65.2 Å². The van der Waals surface area contributed by atoms with Crippen LogP contribution < -0.4 is 10.6 Å². The molecule has 1 unspecified atom stereocenters. The van der Waals surface area contributed by atoms with Gasteiger partial charge in [0.1, 0.15) is 0 Å². The molecule has 1 aliphatic rings. The highest BCUT2D eigenvalue weighted by atomic mass is 16.5. The number of benzene rings is 1. The van der Waals surface area contributed by atoms with Crippen molar-refractivity contribution >= 4 is 17.5 Å². The van der Waals surface area contributed by atoms with Crippen LogP contribution in [-0.4, -0.2) is 65.5 Å². The van der Waals surface area contributed by atoms with Gasteiger partial charge >= 0.3 is 0 Å². The molecule has 0 radical (unpaired) electrons. The number of fused-ring (bicyclic) bond motifs is 1. The van der Waals surface area contributed by atoms with E-state index < -0.39 is 0 Å². The number of β-amino-alcohol motifs (C(OH)–C–C–N with tert-alkyl or cyclic N) is 1. The van der Waals surface area contributed by atoms with Crippen molar-refractivity contribution in [2.45, 2.75) is 52.1 Å². The van der Waals surface area contributed by atoms with E-state index in [4.69, 9.17) is 9.51 Å². The molecule has 1 aliphatic heterocycles. The number of nitrogens with zero attached hydrogens (tertiary/aromatic N) is 7. The molecule has 5 rings (SSSR count). The van der Waals surface area contributed by atoms with Gasteiger partial charge in [0.05, 0.1) is 29.7 Å². The Morgan fingerprint density at radius 2 is 2.05 bits per heavy atom. The maximum atomic E-state index is 13.1. The van der Waals surface area contributed by atoms with E-state index in [-0.39, 0.29) is 29.8 Å². The second kappa shape index (κ2) is 11.1. The summed E-state index contributed by atoms with van der Waals surface area (Å²) in [6, 6.07) is 7.75.